The van der Waals surface area contributed by atoms with E-state index in [0.717, 1.165) is 0 Å². The average Bonchev–Trinajstić information content (AvgIpc) is 2.46. The van der Waals surface area contributed by atoms with Crippen LogP contribution < -0.4 is 4.90 Å². The zero-order chi connectivity index (χ0) is 13.8. The molecule has 0 aliphatic heterocycles. The molecular weight excluding hydrogens is 243 g/mol. The van der Waals surface area contributed by atoms with Gasteiger partial charge in [-0.3, -0.25) is 4.79 Å². The minimum atomic E-state index is -0.477. The zero-order valence-electron chi connectivity index (χ0n) is 10.3. The van der Waals surface area contributed by atoms with Gasteiger partial charge in [0.25, 0.3) is 0 Å². The lowest BCUT2D eigenvalue weighted by molar-refractivity contribution is 0.112. The number of nitriles is 1. The van der Waals surface area contributed by atoms with Gasteiger partial charge in [-0.05, 0) is 36.4 Å². The molecule has 0 aromatic heterocycles. The fraction of sp³-hybridized carbons (Fsp3) is 0.0667. The Balaban J connectivity index is 2.41. The van der Waals surface area contributed by atoms with Crippen LogP contribution in [0.15, 0.2) is 42.5 Å². The SMILES string of the molecule is CN(c1cccc(C#N)c1)c1ccc(C=O)cc1F. The molecule has 0 spiro atoms. The van der Waals surface area contributed by atoms with Crippen molar-refractivity contribution in [2.24, 2.45) is 0 Å². The highest BCUT2D eigenvalue weighted by atomic mass is 19.1. The minimum Gasteiger partial charge on any atom is -0.342 e. The van der Waals surface area contributed by atoms with Gasteiger partial charge in [-0.2, -0.15) is 5.26 Å². The van der Waals surface area contributed by atoms with Crippen LogP contribution in [0.1, 0.15) is 15.9 Å². The van der Waals surface area contributed by atoms with Crippen LogP contribution in [0.2, 0.25) is 0 Å². The lowest BCUT2D eigenvalue weighted by Gasteiger charge is -2.20. The predicted octanol–water partition coefficient (Wildman–Crippen LogP) is 3.28. The van der Waals surface area contributed by atoms with E-state index in [1.165, 1.54) is 12.1 Å². The van der Waals surface area contributed by atoms with Crippen molar-refractivity contribution in [3.63, 3.8) is 0 Å². The Morgan fingerprint density at radius 2 is 2.05 bits per heavy atom. The van der Waals surface area contributed by atoms with Crippen molar-refractivity contribution in [3.05, 3.63) is 59.4 Å². The van der Waals surface area contributed by atoms with E-state index in [4.69, 9.17) is 5.26 Å². The van der Waals surface area contributed by atoms with Crippen LogP contribution in [0.3, 0.4) is 0 Å². The van der Waals surface area contributed by atoms with Gasteiger partial charge in [-0.25, -0.2) is 4.39 Å². The second kappa shape index (κ2) is 5.32. The number of aldehydes is 1. The van der Waals surface area contributed by atoms with Crippen LogP contribution in [0.5, 0.6) is 0 Å². The molecule has 0 fully saturated rings. The van der Waals surface area contributed by atoms with E-state index in [1.807, 2.05) is 6.07 Å². The first-order valence-electron chi connectivity index (χ1n) is 5.64. The molecule has 0 aliphatic rings. The standard InChI is InChI=1S/C15H11FN2O/c1-18(13-4-2-3-11(7-13)9-17)15-6-5-12(10-19)8-14(15)16/h2-8,10H,1H3. The van der Waals surface area contributed by atoms with Crippen molar-refractivity contribution in [1.29, 1.82) is 5.26 Å². The third-order valence-corrected chi connectivity index (χ3v) is 2.83. The van der Waals surface area contributed by atoms with Gasteiger partial charge in [0.15, 0.2) is 0 Å². The van der Waals surface area contributed by atoms with E-state index in [9.17, 15) is 9.18 Å². The first-order chi connectivity index (χ1) is 9.15. The van der Waals surface area contributed by atoms with Gasteiger partial charge in [0.05, 0.1) is 17.3 Å². The van der Waals surface area contributed by atoms with Crippen LogP contribution in [-0.4, -0.2) is 13.3 Å². The first-order valence-corrected chi connectivity index (χ1v) is 5.64. The van der Waals surface area contributed by atoms with E-state index in [-0.39, 0.29) is 0 Å². The maximum absolute atomic E-state index is 13.9. The number of rotatable bonds is 3. The molecule has 0 radical (unpaired) electrons. The molecular formula is C15H11FN2O. The van der Waals surface area contributed by atoms with E-state index in [2.05, 4.69) is 0 Å². The number of hydrogen-bond acceptors (Lipinski definition) is 3. The summed E-state index contributed by atoms with van der Waals surface area (Å²) in [6, 6.07) is 13.2. The number of anilines is 2. The van der Waals surface area contributed by atoms with Crippen molar-refractivity contribution in [2.45, 2.75) is 0 Å². The zero-order valence-corrected chi connectivity index (χ0v) is 10.3. The summed E-state index contributed by atoms with van der Waals surface area (Å²) in [6.45, 7) is 0. The summed E-state index contributed by atoms with van der Waals surface area (Å²) in [5, 5.41) is 8.86. The van der Waals surface area contributed by atoms with Crippen molar-refractivity contribution in [2.75, 3.05) is 11.9 Å². The van der Waals surface area contributed by atoms with Crippen LogP contribution in [0.4, 0.5) is 15.8 Å². The van der Waals surface area contributed by atoms with Crippen molar-refractivity contribution < 1.29 is 9.18 Å². The Hall–Kier alpha value is -2.67. The molecule has 0 saturated heterocycles. The maximum atomic E-state index is 13.9. The summed E-state index contributed by atoms with van der Waals surface area (Å²) in [6.07, 6.45) is 0.600. The van der Waals surface area contributed by atoms with Crippen molar-refractivity contribution in [1.82, 2.24) is 0 Å². The Labute approximate surface area is 110 Å². The highest BCUT2D eigenvalue weighted by Crippen LogP contribution is 2.27. The summed E-state index contributed by atoms with van der Waals surface area (Å²) >= 11 is 0. The van der Waals surface area contributed by atoms with Gasteiger partial charge in [0, 0.05) is 18.3 Å². The quantitative estimate of drug-likeness (QED) is 0.789. The van der Waals surface area contributed by atoms with Crippen LogP contribution in [0, 0.1) is 17.1 Å². The number of hydrogen-bond donors (Lipinski definition) is 0. The highest BCUT2D eigenvalue weighted by molar-refractivity contribution is 5.77. The van der Waals surface area contributed by atoms with Gasteiger partial charge in [0.2, 0.25) is 0 Å². The highest BCUT2D eigenvalue weighted by Gasteiger charge is 2.10. The summed E-state index contributed by atoms with van der Waals surface area (Å²) in [4.78, 5) is 12.2. The molecule has 0 aliphatic carbocycles. The molecule has 4 heteroatoms. The number of carbonyl (C=O) groups excluding carboxylic acids is 1. The molecule has 3 nitrogen and oxygen atoms in total. The third kappa shape index (κ3) is 2.61. The molecule has 2 aromatic carbocycles. The van der Waals surface area contributed by atoms with Gasteiger partial charge in [0.1, 0.15) is 12.1 Å². The monoisotopic (exact) mass is 254 g/mol. The summed E-state index contributed by atoms with van der Waals surface area (Å²) in [5.74, 6) is -0.477. The lowest BCUT2D eigenvalue weighted by atomic mass is 10.1. The number of carbonyl (C=O) groups is 1. The second-order valence-electron chi connectivity index (χ2n) is 4.05. The lowest BCUT2D eigenvalue weighted by Crippen LogP contribution is -2.11. The average molecular weight is 254 g/mol. The fourth-order valence-corrected chi connectivity index (χ4v) is 1.79. The predicted molar refractivity (Wildman–Crippen MR) is 71.0 cm³/mol. The minimum absolute atomic E-state index is 0.292. The smallest absolute Gasteiger partial charge is 0.150 e. The van der Waals surface area contributed by atoms with Gasteiger partial charge >= 0.3 is 0 Å². The molecule has 0 atom stereocenters. The first kappa shape index (κ1) is 12.8. The number of halogens is 1. The van der Waals surface area contributed by atoms with Gasteiger partial charge in [-0.1, -0.05) is 6.07 Å². The molecule has 2 aromatic rings. The molecule has 94 valence electrons. The fourth-order valence-electron chi connectivity index (χ4n) is 1.79. The normalized spacial score (nSPS) is 9.74. The van der Waals surface area contributed by atoms with Crippen LogP contribution in [0.25, 0.3) is 0 Å². The molecule has 0 unspecified atom stereocenters. The van der Waals surface area contributed by atoms with Crippen LogP contribution in [-0.2, 0) is 0 Å². The number of nitrogens with zero attached hydrogens (tertiary/aromatic N) is 2. The summed E-state index contributed by atoms with van der Waals surface area (Å²) < 4.78 is 13.9. The third-order valence-electron chi connectivity index (χ3n) is 2.83. The molecule has 0 bridgehead atoms. The Bertz CT molecular complexity index is 661. The largest absolute Gasteiger partial charge is 0.342 e. The van der Waals surface area contributed by atoms with Crippen molar-refractivity contribution in [3.8, 4) is 6.07 Å². The second-order valence-corrected chi connectivity index (χ2v) is 4.05. The number of benzene rings is 2. The van der Waals surface area contributed by atoms with E-state index in [1.54, 1.807) is 42.3 Å². The van der Waals surface area contributed by atoms with Gasteiger partial charge in [-0.15, -0.1) is 0 Å². The Kier molecular flexibility index (Phi) is 3.58. The topological polar surface area (TPSA) is 44.1 Å². The molecule has 19 heavy (non-hydrogen) atoms. The Morgan fingerprint density at radius 3 is 2.68 bits per heavy atom. The maximum Gasteiger partial charge on any atom is 0.150 e. The Morgan fingerprint density at radius 1 is 1.26 bits per heavy atom. The molecule has 0 heterocycles. The van der Waals surface area contributed by atoms with Crippen LogP contribution >= 0.6 is 0 Å². The van der Waals surface area contributed by atoms with E-state index < -0.39 is 5.82 Å². The van der Waals surface area contributed by atoms with E-state index >= 15 is 0 Å². The van der Waals surface area contributed by atoms with E-state index in [0.29, 0.717) is 28.8 Å². The summed E-state index contributed by atoms with van der Waals surface area (Å²) in [7, 11) is 1.70. The van der Waals surface area contributed by atoms with Gasteiger partial charge < -0.3 is 4.90 Å². The van der Waals surface area contributed by atoms with Crippen molar-refractivity contribution >= 4 is 17.7 Å². The molecule has 0 saturated carbocycles. The summed E-state index contributed by atoms with van der Waals surface area (Å²) in [5.41, 5.74) is 1.85. The molecule has 0 N–H and O–H groups in total. The molecule has 2 rings (SSSR count). The molecule has 0 amide bonds.